The Kier molecular flexibility index (Phi) is 7.00. The van der Waals surface area contributed by atoms with Crippen LogP contribution in [0.15, 0.2) is 0 Å². The van der Waals surface area contributed by atoms with E-state index < -0.39 is 0 Å². The van der Waals surface area contributed by atoms with E-state index in [4.69, 9.17) is 22.7 Å². The minimum atomic E-state index is 0.407. The molecule has 1 aliphatic heterocycles. The monoisotopic (exact) mass is 258 g/mol. The van der Waals surface area contributed by atoms with Crippen LogP contribution >= 0.6 is 12.2 Å². The van der Waals surface area contributed by atoms with E-state index in [9.17, 15) is 0 Å². The SMILES string of the molecule is CCCOC1CCCN(C(CC)CC(N)=S)C1. The molecule has 0 spiro atoms. The van der Waals surface area contributed by atoms with Gasteiger partial charge in [-0.15, -0.1) is 0 Å². The van der Waals surface area contributed by atoms with E-state index in [1.807, 2.05) is 0 Å². The predicted molar refractivity (Wildman–Crippen MR) is 76.3 cm³/mol. The molecule has 0 radical (unpaired) electrons. The molecule has 1 aliphatic rings. The number of piperidine rings is 1. The van der Waals surface area contributed by atoms with Crippen molar-refractivity contribution in [3.8, 4) is 0 Å². The summed E-state index contributed by atoms with van der Waals surface area (Å²) < 4.78 is 5.86. The van der Waals surface area contributed by atoms with Crippen molar-refractivity contribution in [2.45, 2.75) is 58.1 Å². The number of nitrogens with zero attached hydrogens (tertiary/aromatic N) is 1. The number of hydrogen-bond acceptors (Lipinski definition) is 3. The lowest BCUT2D eigenvalue weighted by Crippen LogP contribution is -2.46. The molecule has 4 heteroatoms. The average molecular weight is 258 g/mol. The van der Waals surface area contributed by atoms with E-state index in [0.717, 1.165) is 39.0 Å². The van der Waals surface area contributed by atoms with Gasteiger partial charge in [0.05, 0.1) is 11.1 Å². The number of rotatable bonds is 7. The Morgan fingerprint density at radius 2 is 2.29 bits per heavy atom. The number of thiocarbonyl (C=S) groups is 1. The average Bonchev–Trinajstić information content (AvgIpc) is 2.33. The van der Waals surface area contributed by atoms with Crippen molar-refractivity contribution < 1.29 is 4.74 Å². The molecular weight excluding hydrogens is 232 g/mol. The summed E-state index contributed by atoms with van der Waals surface area (Å²) in [7, 11) is 0. The summed E-state index contributed by atoms with van der Waals surface area (Å²) in [6, 6.07) is 0.500. The van der Waals surface area contributed by atoms with Gasteiger partial charge in [0, 0.05) is 25.6 Å². The first-order chi connectivity index (χ1) is 8.17. The van der Waals surface area contributed by atoms with Crippen LogP contribution in [0.25, 0.3) is 0 Å². The second-order valence-electron chi connectivity index (χ2n) is 4.86. The Bertz CT molecular complexity index is 235. The lowest BCUT2D eigenvalue weighted by atomic mass is 10.0. The van der Waals surface area contributed by atoms with Crippen molar-refractivity contribution in [3.05, 3.63) is 0 Å². The van der Waals surface area contributed by atoms with E-state index >= 15 is 0 Å². The maximum Gasteiger partial charge on any atom is 0.0743 e. The number of likely N-dealkylation sites (tertiary alicyclic amines) is 1. The van der Waals surface area contributed by atoms with Gasteiger partial charge in [0.2, 0.25) is 0 Å². The molecule has 0 aliphatic carbocycles. The van der Waals surface area contributed by atoms with Crippen molar-refractivity contribution in [2.75, 3.05) is 19.7 Å². The van der Waals surface area contributed by atoms with Crippen LogP contribution in [0, 0.1) is 0 Å². The quantitative estimate of drug-likeness (QED) is 0.711. The Balaban J connectivity index is 2.43. The highest BCUT2D eigenvalue weighted by atomic mass is 32.1. The van der Waals surface area contributed by atoms with Crippen LogP contribution in [-0.2, 0) is 4.74 Å². The normalized spacial score (nSPS) is 23.5. The molecule has 2 unspecified atom stereocenters. The molecule has 2 N–H and O–H groups in total. The second-order valence-corrected chi connectivity index (χ2v) is 5.39. The molecule has 0 aromatic carbocycles. The van der Waals surface area contributed by atoms with Crippen molar-refractivity contribution in [2.24, 2.45) is 5.73 Å². The van der Waals surface area contributed by atoms with Crippen LogP contribution in [0.5, 0.6) is 0 Å². The molecule has 1 saturated heterocycles. The maximum absolute atomic E-state index is 5.86. The minimum absolute atomic E-state index is 0.407. The lowest BCUT2D eigenvalue weighted by Gasteiger charge is -2.37. The Labute approximate surface area is 111 Å². The first-order valence-electron chi connectivity index (χ1n) is 6.81. The van der Waals surface area contributed by atoms with E-state index in [1.54, 1.807) is 0 Å². The Morgan fingerprint density at radius 1 is 1.53 bits per heavy atom. The molecule has 0 saturated carbocycles. The van der Waals surface area contributed by atoms with Crippen LogP contribution in [0.2, 0.25) is 0 Å². The third-order valence-corrected chi connectivity index (χ3v) is 3.56. The molecule has 0 bridgehead atoms. The molecule has 1 heterocycles. The molecule has 0 aromatic rings. The van der Waals surface area contributed by atoms with Gasteiger partial charge in [-0.1, -0.05) is 26.1 Å². The third-order valence-electron chi connectivity index (χ3n) is 3.39. The van der Waals surface area contributed by atoms with Crippen LogP contribution in [0.1, 0.15) is 46.0 Å². The van der Waals surface area contributed by atoms with Gasteiger partial charge in [0.25, 0.3) is 0 Å². The molecule has 1 fully saturated rings. The number of nitrogens with two attached hydrogens (primary N) is 1. The molecule has 1 rings (SSSR count). The molecule has 3 nitrogen and oxygen atoms in total. The molecular formula is C13H26N2OS. The lowest BCUT2D eigenvalue weighted by molar-refractivity contribution is -0.0121. The summed E-state index contributed by atoms with van der Waals surface area (Å²) in [6.45, 7) is 7.45. The van der Waals surface area contributed by atoms with Gasteiger partial charge < -0.3 is 10.5 Å². The van der Waals surface area contributed by atoms with Gasteiger partial charge in [-0.2, -0.15) is 0 Å². The fourth-order valence-corrected chi connectivity index (χ4v) is 2.67. The van der Waals surface area contributed by atoms with Crippen LogP contribution < -0.4 is 5.73 Å². The van der Waals surface area contributed by atoms with Gasteiger partial charge in [0.1, 0.15) is 0 Å². The molecule has 100 valence electrons. The largest absolute Gasteiger partial charge is 0.393 e. The zero-order valence-corrected chi connectivity index (χ0v) is 12.0. The summed E-state index contributed by atoms with van der Waals surface area (Å²) in [6.07, 6.45) is 5.87. The van der Waals surface area contributed by atoms with Crippen molar-refractivity contribution in [1.29, 1.82) is 0 Å². The zero-order chi connectivity index (χ0) is 12.7. The molecule has 2 atom stereocenters. The Morgan fingerprint density at radius 3 is 2.88 bits per heavy atom. The molecule has 0 amide bonds. The maximum atomic E-state index is 5.86. The van der Waals surface area contributed by atoms with Gasteiger partial charge in [-0.25, -0.2) is 0 Å². The summed E-state index contributed by atoms with van der Waals surface area (Å²) in [4.78, 5) is 3.14. The standard InChI is InChI=1S/C13H26N2OS/c1-3-8-16-12-6-5-7-15(10-12)11(4-2)9-13(14)17/h11-12H,3-10H2,1-2H3,(H2,14,17). The molecule has 17 heavy (non-hydrogen) atoms. The highest BCUT2D eigenvalue weighted by molar-refractivity contribution is 7.80. The van der Waals surface area contributed by atoms with E-state index in [0.29, 0.717) is 17.1 Å². The van der Waals surface area contributed by atoms with Gasteiger partial charge in [0.15, 0.2) is 0 Å². The van der Waals surface area contributed by atoms with Gasteiger partial charge in [-0.3, -0.25) is 4.90 Å². The zero-order valence-electron chi connectivity index (χ0n) is 11.2. The summed E-state index contributed by atoms with van der Waals surface area (Å²) in [5.41, 5.74) is 5.66. The topological polar surface area (TPSA) is 38.5 Å². The molecule has 0 aromatic heterocycles. The summed E-state index contributed by atoms with van der Waals surface area (Å²) >= 11 is 5.03. The highest BCUT2D eigenvalue weighted by Gasteiger charge is 2.25. The van der Waals surface area contributed by atoms with E-state index in [2.05, 4.69) is 18.7 Å². The van der Waals surface area contributed by atoms with Crippen LogP contribution in [-0.4, -0.2) is 41.7 Å². The van der Waals surface area contributed by atoms with Crippen LogP contribution in [0.4, 0.5) is 0 Å². The number of ether oxygens (including phenoxy) is 1. The summed E-state index contributed by atoms with van der Waals surface area (Å²) in [5.74, 6) is 0. The summed E-state index contributed by atoms with van der Waals surface area (Å²) in [5, 5.41) is 0. The first kappa shape index (κ1) is 14.9. The fraction of sp³-hybridized carbons (Fsp3) is 0.923. The van der Waals surface area contributed by atoms with Crippen molar-refractivity contribution >= 4 is 17.2 Å². The van der Waals surface area contributed by atoms with Gasteiger partial charge >= 0.3 is 0 Å². The van der Waals surface area contributed by atoms with Crippen molar-refractivity contribution in [3.63, 3.8) is 0 Å². The van der Waals surface area contributed by atoms with Crippen molar-refractivity contribution in [1.82, 2.24) is 4.90 Å². The van der Waals surface area contributed by atoms with Crippen LogP contribution in [0.3, 0.4) is 0 Å². The smallest absolute Gasteiger partial charge is 0.0743 e. The third kappa shape index (κ3) is 5.32. The fourth-order valence-electron chi connectivity index (χ4n) is 2.48. The van der Waals surface area contributed by atoms with E-state index in [1.165, 1.54) is 12.8 Å². The highest BCUT2D eigenvalue weighted by Crippen LogP contribution is 2.19. The minimum Gasteiger partial charge on any atom is -0.393 e. The van der Waals surface area contributed by atoms with E-state index in [-0.39, 0.29) is 0 Å². The predicted octanol–water partition coefficient (Wildman–Crippen LogP) is 2.33. The Hall–Kier alpha value is -0.190. The first-order valence-corrected chi connectivity index (χ1v) is 7.22. The number of hydrogen-bond donors (Lipinski definition) is 1. The van der Waals surface area contributed by atoms with Gasteiger partial charge in [-0.05, 0) is 32.2 Å². The second kappa shape index (κ2) is 8.01.